The number of hydrogen-bond donors (Lipinski definition) is 10. The summed E-state index contributed by atoms with van der Waals surface area (Å²) < 4.78 is 122. The summed E-state index contributed by atoms with van der Waals surface area (Å²) in [4.78, 5) is 78.2. The molecule has 10 N–H and O–H groups in total. The molecule has 6 rings (SSSR count). The summed E-state index contributed by atoms with van der Waals surface area (Å²) in [5.41, 5.74) is 1.30. The highest BCUT2D eigenvalue weighted by Crippen LogP contribution is 2.66. The normalized spacial score (nSPS) is 22.6. The van der Waals surface area contributed by atoms with Crippen molar-refractivity contribution in [2.75, 3.05) is 31.1 Å². The van der Waals surface area contributed by atoms with E-state index in [1.165, 1.54) is 36.4 Å². The third-order valence-corrected chi connectivity index (χ3v) is 18.3. The Morgan fingerprint density at radius 3 is 2.16 bits per heavy atom. The Bertz CT molecular complexity index is 3450. The predicted octanol–water partition coefficient (Wildman–Crippen LogP) is 3.57. The minimum atomic E-state index is -5.87. The SMILES string of the molecule is CC[N+]1=C(/C=C/C=C/C=C2/N(CCCCCC(=O)NC/C=C/c3cn([C@@H]4O[C@H](COP(=O)(O)OP(=O)(O)OP(=O)(O)O)[C@@H](O)[C@H]4O)c(=O)[nH]c3=O)c3cc(S(=O)(=O)O)ccc3C2(C)C)C(C)(C)c2cc(S(=O)(=O)O)ccc21. The standard InChI is InChI=1S/C45H58N5O22P3S2/c1-6-48-33-21-19-29(76(63,64)65)24-32(33)45(4,5)36(48)15-9-7-10-16-37-44(2,3)31-20-18-30(77(66,67)68)25-34(31)49(37)23-12-8-11-17-38(51)46-22-13-14-28-26-50(43(55)47-41(28)54)42-40(53)39(52)35(70-42)27-69-74(59,60)72-75(61,62)71-73(56,57)58/h7,9-10,13-16,18-21,24-26,35,39-40,42,52-53H,6,8,11-12,17,22-23,27H2,1-5H3,(H7-,46,47,51,54,55,56,57,58,59,60,61,62,63,64,65,66,67,68)/p+1/b14-13+/t35-,39-,40-,42-/m1/s1. The van der Waals surface area contributed by atoms with Crippen molar-refractivity contribution in [1.82, 2.24) is 14.9 Å². The predicted molar refractivity (Wildman–Crippen MR) is 275 cm³/mol. The van der Waals surface area contributed by atoms with Crippen molar-refractivity contribution < 1.29 is 96.7 Å². The van der Waals surface area contributed by atoms with E-state index in [1.807, 2.05) is 74.9 Å². The summed E-state index contributed by atoms with van der Waals surface area (Å²) in [5.74, 6) is -0.343. The molecule has 0 spiro atoms. The second kappa shape index (κ2) is 23.5. The Balaban J connectivity index is 1.05. The van der Waals surface area contributed by atoms with E-state index in [0.29, 0.717) is 42.6 Å². The molecule has 1 saturated heterocycles. The summed E-state index contributed by atoms with van der Waals surface area (Å²) >= 11 is 0. The largest absolute Gasteiger partial charge is 0.490 e. The van der Waals surface area contributed by atoms with Gasteiger partial charge in [0.2, 0.25) is 11.6 Å². The quantitative estimate of drug-likeness (QED) is 0.0213. The van der Waals surface area contributed by atoms with E-state index in [4.69, 9.17) is 14.5 Å². The molecule has 0 aliphatic carbocycles. The summed E-state index contributed by atoms with van der Waals surface area (Å²) in [5, 5.41) is 23.8. The number of aliphatic hydroxyl groups excluding tert-OH is 2. The Morgan fingerprint density at radius 1 is 0.844 bits per heavy atom. The number of benzene rings is 2. The van der Waals surface area contributed by atoms with Crippen LogP contribution in [0.15, 0.2) is 104 Å². The van der Waals surface area contributed by atoms with Gasteiger partial charge >= 0.3 is 29.2 Å². The maximum atomic E-state index is 12.8. The lowest BCUT2D eigenvalue weighted by molar-refractivity contribution is -0.433. The van der Waals surface area contributed by atoms with Crippen LogP contribution in [-0.2, 0) is 67.4 Å². The Morgan fingerprint density at radius 2 is 1.51 bits per heavy atom. The van der Waals surface area contributed by atoms with Crippen molar-refractivity contribution in [1.29, 1.82) is 0 Å². The number of anilines is 1. The fraction of sp³-hybridized carbons (Fsp3) is 0.422. The molecule has 1 aromatic heterocycles. The molecule has 0 radical (unpaired) electrons. The van der Waals surface area contributed by atoms with Crippen molar-refractivity contribution >= 4 is 72.8 Å². The highest BCUT2D eigenvalue weighted by atomic mass is 32.2. The Kier molecular flexibility index (Phi) is 18.7. The van der Waals surface area contributed by atoms with E-state index in [0.717, 1.165) is 34.4 Å². The highest BCUT2D eigenvalue weighted by molar-refractivity contribution is 7.86. The minimum Gasteiger partial charge on any atom is -0.387 e. The van der Waals surface area contributed by atoms with E-state index >= 15 is 0 Å². The van der Waals surface area contributed by atoms with Gasteiger partial charge in [0.1, 0.15) is 24.9 Å². The molecule has 422 valence electrons. The molecule has 3 aromatic rings. The van der Waals surface area contributed by atoms with Gasteiger partial charge in [-0.15, -0.1) is 0 Å². The first-order valence-electron chi connectivity index (χ1n) is 23.4. The number of ether oxygens (including phenoxy) is 1. The first kappa shape index (κ1) is 61.3. The molecule has 3 aliphatic heterocycles. The average molecular weight is 1180 g/mol. The number of aliphatic hydroxyl groups is 2. The first-order valence-corrected chi connectivity index (χ1v) is 30.8. The second-order valence-electron chi connectivity index (χ2n) is 18.8. The van der Waals surface area contributed by atoms with Crippen LogP contribution < -0.4 is 21.5 Å². The third-order valence-electron chi connectivity index (χ3n) is 12.8. The summed E-state index contributed by atoms with van der Waals surface area (Å²) in [6.45, 7) is 9.65. The third kappa shape index (κ3) is 14.7. The maximum Gasteiger partial charge on any atom is 0.490 e. The van der Waals surface area contributed by atoms with Crippen molar-refractivity contribution in [2.45, 2.75) is 105 Å². The molecular weight excluding hydrogens is 1120 g/mol. The van der Waals surface area contributed by atoms with Crippen LogP contribution in [0.25, 0.3) is 6.08 Å². The van der Waals surface area contributed by atoms with E-state index in [2.05, 4.69) is 23.0 Å². The van der Waals surface area contributed by atoms with Crippen LogP contribution in [-0.4, -0.2) is 126 Å². The molecular formula is C45H59N5O22P3S2+. The van der Waals surface area contributed by atoms with E-state index < -0.39 is 96.9 Å². The number of hydrogen-bond acceptors (Lipinski definition) is 17. The van der Waals surface area contributed by atoms with Gasteiger partial charge in [0.15, 0.2) is 11.9 Å². The lowest BCUT2D eigenvalue weighted by Gasteiger charge is -2.27. The van der Waals surface area contributed by atoms with Gasteiger partial charge in [-0.3, -0.25) is 32.8 Å². The number of H-pyrrole nitrogens is 1. The van der Waals surface area contributed by atoms with Crippen molar-refractivity contribution in [3.63, 3.8) is 0 Å². The van der Waals surface area contributed by atoms with Crippen LogP contribution in [0.3, 0.4) is 0 Å². The summed E-state index contributed by atoms with van der Waals surface area (Å²) in [6.07, 6.45) is 7.28. The fourth-order valence-electron chi connectivity index (χ4n) is 9.14. The lowest BCUT2D eigenvalue weighted by atomic mass is 9.81. The van der Waals surface area contributed by atoms with Crippen LogP contribution in [0, 0.1) is 0 Å². The topological polar surface area (TPSA) is 408 Å². The molecule has 2 unspecified atom stereocenters. The monoisotopic (exact) mass is 1180 g/mol. The Hall–Kier alpha value is -4.87. The van der Waals surface area contributed by atoms with Crippen LogP contribution in [0.4, 0.5) is 11.4 Å². The van der Waals surface area contributed by atoms with Gasteiger partial charge in [-0.05, 0) is 69.5 Å². The van der Waals surface area contributed by atoms with E-state index in [1.54, 1.807) is 12.1 Å². The number of phosphoric ester groups is 1. The molecule has 2 aromatic carbocycles. The molecule has 77 heavy (non-hydrogen) atoms. The molecule has 1 fully saturated rings. The number of fused-ring (bicyclic) bond motifs is 2. The van der Waals surface area contributed by atoms with Gasteiger partial charge < -0.3 is 44.7 Å². The number of carbonyl (C=O) groups excluding carboxylic acids is 1. The first-order chi connectivity index (χ1) is 35.6. The lowest BCUT2D eigenvalue weighted by Crippen LogP contribution is -2.38. The number of allylic oxidation sites excluding steroid dienone is 6. The number of unbranched alkanes of at least 4 members (excludes halogenated alkanes) is 2. The molecule has 0 saturated carbocycles. The molecule has 0 bridgehead atoms. The second-order valence-corrected chi connectivity index (χ2v) is 26.1. The number of rotatable bonds is 23. The zero-order chi connectivity index (χ0) is 57.3. The van der Waals surface area contributed by atoms with Gasteiger partial charge in [-0.1, -0.05) is 56.7 Å². The molecule has 6 atom stereocenters. The zero-order valence-corrected chi connectivity index (χ0v) is 46.2. The zero-order valence-electron chi connectivity index (χ0n) is 41.8. The molecule has 1 amide bonds. The van der Waals surface area contributed by atoms with Gasteiger partial charge in [-0.25, -0.2) is 18.5 Å². The van der Waals surface area contributed by atoms with Gasteiger partial charge in [-0.2, -0.15) is 30.0 Å². The number of nitrogens with zero attached hydrogens (tertiary/aromatic N) is 3. The number of phosphoric acid groups is 3. The summed E-state index contributed by atoms with van der Waals surface area (Å²) in [7, 11) is -26.2. The highest BCUT2D eigenvalue weighted by Gasteiger charge is 2.48. The number of aromatic amines is 1. The van der Waals surface area contributed by atoms with E-state index in [-0.39, 0.29) is 34.2 Å². The molecule has 4 heterocycles. The molecule has 27 nitrogen and oxygen atoms in total. The number of carbonyl (C=O) groups is 1. The van der Waals surface area contributed by atoms with Crippen LogP contribution in [0.5, 0.6) is 0 Å². The fourth-order valence-corrected chi connectivity index (χ4v) is 13.2. The average Bonchev–Trinajstić information content (AvgIpc) is 3.81. The number of aromatic nitrogens is 2. The number of nitrogens with one attached hydrogen (secondary N) is 2. The molecule has 32 heteroatoms. The van der Waals surface area contributed by atoms with Crippen LogP contribution >= 0.6 is 23.5 Å². The minimum absolute atomic E-state index is 0.0759. The smallest absolute Gasteiger partial charge is 0.387 e. The molecule has 3 aliphatic rings. The van der Waals surface area contributed by atoms with Gasteiger partial charge in [0, 0.05) is 60.2 Å². The van der Waals surface area contributed by atoms with Crippen molar-refractivity contribution in [3.05, 3.63) is 122 Å². The van der Waals surface area contributed by atoms with Crippen molar-refractivity contribution in [2.24, 2.45) is 0 Å². The van der Waals surface area contributed by atoms with Crippen molar-refractivity contribution in [3.8, 4) is 0 Å². The Labute approximate surface area is 441 Å². The summed E-state index contributed by atoms with van der Waals surface area (Å²) in [6, 6.07) is 8.96. The number of amides is 1. The van der Waals surface area contributed by atoms with Crippen LogP contribution in [0.1, 0.15) is 83.2 Å². The van der Waals surface area contributed by atoms with Gasteiger partial charge in [0.05, 0.1) is 27.4 Å². The van der Waals surface area contributed by atoms with E-state index in [9.17, 15) is 74.0 Å². The van der Waals surface area contributed by atoms with Crippen LogP contribution in [0.2, 0.25) is 0 Å². The van der Waals surface area contributed by atoms with Gasteiger partial charge in [0.25, 0.3) is 25.8 Å². The maximum absolute atomic E-state index is 12.8.